The molecule has 1 aromatic carbocycles. The van der Waals surface area contributed by atoms with Crippen molar-refractivity contribution in [3.8, 4) is 0 Å². The first kappa shape index (κ1) is 19.4. The van der Waals surface area contributed by atoms with E-state index in [0.29, 0.717) is 10.7 Å². The van der Waals surface area contributed by atoms with Gasteiger partial charge in [0.25, 0.3) is 0 Å². The summed E-state index contributed by atoms with van der Waals surface area (Å²) in [6, 6.07) is 6.82. The Labute approximate surface area is 153 Å². The minimum Gasteiger partial charge on any atom is -0.450 e. The van der Waals surface area contributed by atoms with Crippen LogP contribution in [0.1, 0.15) is 6.92 Å². The SMILES string of the molecule is CCOC(=O)NC(NC(=S)Nc1ccc(Cl)cc1)C(Cl)(Cl)Cl. The van der Waals surface area contributed by atoms with Crippen LogP contribution < -0.4 is 16.0 Å². The fourth-order valence-corrected chi connectivity index (χ4v) is 2.01. The Hall–Kier alpha value is -0.660. The summed E-state index contributed by atoms with van der Waals surface area (Å²) in [5.41, 5.74) is 0.682. The average molecular weight is 405 g/mol. The number of amides is 1. The standard InChI is InChI=1S/C12H13Cl4N3O2S/c1-2-21-11(20)19-9(12(14,15)16)18-10(22)17-8-5-3-7(13)4-6-8/h3-6,9H,2H2,1H3,(H,19,20)(H2,17,18,22). The van der Waals surface area contributed by atoms with E-state index in [2.05, 4.69) is 16.0 Å². The molecule has 1 unspecified atom stereocenters. The molecule has 0 bridgehead atoms. The Morgan fingerprint density at radius 2 is 1.86 bits per heavy atom. The minimum absolute atomic E-state index is 0.149. The maximum absolute atomic E-state index is 11.4. The van der Waals surface area contributed by atoms with Gasteiger partial charge in [-0.3, -0.25) is 5.32 Å². The minimum atomic E-state index is -1.83. The fraction of sp³-hybridized carbons (Fsp3) is 0.333. The number of nitrogens with one attached hydrogen (secondary N) is 3. The van der Waals surface area contributed by atoms with Gasteiger partial charge >= 0.3 is 6.09 Å². The summed E-state index contributed by atoms with van der Waals surface area (Å²) < 4.78 is 2.90. The van der Waals surface area contributed by atoms with Crippen molar-refractivity contribution in [3.63, 3.8) is 0 Å². The van der Waals surface area contributed by atoms with Gasteiger partial charge in [-0.25, -0.2) is 4.79 Å². The number of hydrogen-bond acceptors (Lipinski definition) is 3. The van der Waals surface area contributed by atoms with E-state index in [0.717, 1.165) is 0 Å². The lowest BCUT2D eigenvalue weighted by Gasteiger charge is -2.27. The first-order chi connectivity index (χ1) is 10.2. The molecule has 5 nitrogen and oxygen atoms in total. The third-order valence-electron chi connectivity index (χ3n) is 2.24. The Bertz CT molecular complexity index is 522. The number of carbonyl (C=O) groups is 1. The highest BCUT2D eigenvalue weighted by atomic mass is 35.6. The Balaban J connectivity index is 2.66. The summed E-state index contributed by atoms with van der Waals surface area (Å²) in [5, 5.41) is 8.67. The Morgan fingerprint density at radius 1 is 1.27 bits per heavy atom. The summed E-state index contributed by atoms with van der Waals surface area (Å²) in [6.07, 6.45) is -1.82. The van der Waals surface area contributed by atoms with Gasteiger partial charge in [0.2, 0.25) is 3.79 Å². The van der Waals surface area contributed by atoms with E-state index in [-0.39, 0.29) is 11.7 Å². The zero-order valence-corrected chi connectivity index (χ0v) is 15.2. The van der Waals surface area contributed by atoms with Crippen LogP contribution in [-0.4, -0.2) is 27.8 Å². The van der Waals surface area contributed by atoms with Gasteiger partial charge in [0.05, 0.1) is 6.61 Å². The van der Waals surface area contributed by atoms with Crippen molar-refractivity contribution in [2.75, 3.05) is 11.9 Å². The third kappa shape index (κ3) is 7.07. The summed E-state index contributed by atoms with van der Waals surface area (Å²) in [5.74, 6) is 0. The highest BCUT2D eigenvalue weighted by Gasteiger charge is 2.35. The first-order valence-corrected chi connectivity index (χ1v) is 7.97. The van der Waals surface area contributed by atoms with E-state index in [1.54, 1.807) is 31.2 Å². The molecule has 1 aromatic rings. The molecule has 0 aromatic heterocycles. The van der Waals surface area contributed by atoms with Crippen molar-refractivity contribution in [2.24, 2.45) is 0 Å². The van der Waals surface area contributed by atoms with E-state index >= 15 is 0 Å². The van der Waals surface area contributed by atoms with E-state index in [4.69, 9.17) is 63.4 Å². The van der Waals surface area contributed by atoms with Gasteiger partial charge in [-0.2, -0.15) is 0 Å². The molecule has 0 fully saturated rings. The molecular weight excluding hydrogens is 392 g/mol. The number of benzene rings is 1. The highest BCUT2D eigenvalue weighted by Crippen LogP contribution is 2.29. The molecule has 0 aliphatic carbocycles. The van der Waals surface area contributed by atoms with Gasteiger partial charge in [-0.05, 0) is 43.4 Å². The molecule has 10 heteroatoms. The topological polar surface area (TPSA) is 62.4 Å². The largest absolute Gasteiger partial charge is 0.450 e. The molecule has 1 rings (SSSR count). The number of anilines is 1. The number of alkyl carbamates (subject to hydrolysis) is 1. The van der Waals surface area contributed by atoms with Crippen molar-refractivity contribution in [2.45, 2.75) is 16.9 Å². The van der Waals surface area contributed by atoms with Crippen molar-refractivity contribution >= 4 is 75.5 Å². The Morgan fingerprint density at radius 3 is 2.36 bits per heavy atom. The molecule has 1 atom stereocenters. The molecule has 0 aliphatic heterocycles. The number of thiocarbonyl (C=S) groups is 1. The molecule has 1 amide bonds. The van der Waals surface area contributed by atoms with Crippen LogP contribution in [0.5, 0.6) is 0 Å². The molecule has 0 radical (unpaired) electrons. The maximum atomic E-state index is 11.4. The predicted molar refractivity (Wildman–Crippen MR) is 95.0 cm³/mol. The first-order valence-electron chi connectivity index (χ1n) is 6.05. The van der Waals surface area contributed by atoms with Crippen LogP contribution in [0.3, 0.4) is 0 Å². The van der Waals surface area contributed by atoms with Gasteiger partial charge in [-0.15, -0.1) is 0 Å². The summed E-state index contributed by atoms with van der Waals surface area (Å²) in [6.45, 7) is 1.84. The maximum Gasteiger partial charge on any atom is 0.408 e. The molecule has 122 valence electrons. The van der Waals surface area contributed by atoms with Crippen LogP contribution >= 0.6 is 58.6 Å². The lowest BCUT2D eigenvalue weighted by molar-refractivity contribution is 0.147. The smallest absolute Gasteiger partial charge is 0.408 e. The van der Waals surface area contributed by atoms with Gasteiger partial charge in [0.1, 0.15) is 0 Å². The quantitative estimate of drug-likeness (QED) is 0.401. The van der Waals surface area contributed by atoms with Crippen LogP contribution in [0.2, 0.25) is 5.02 Å². The molecule has 0 spiro atoms. The lowest BCUT2D eigenvalue weighted by Crippen LogP contribution is -2.56. The second-order valence-electron chi connectivity index (χ2n) is 3.94. The number of alkyl halides is 3. The third-order valence-corrected chi connectivity index (χ3v) is 3.37. The lowest BCUT2D eigenvalue weighted by atomic mass is 10.3. The highest BCUT2D eigenvalue weighted by molar-refractivity contribution is 7.80. The van der Waals surface area contributed by atoms with E-state index < -0.39 is 16.1 Å². The zero-order chi connectivity index (χ0) is 16.8. The fourth-order valence-electron chi connectivity index (χ4n) is 1.32. The van der Waals surface area contributed by atoms with Crippen molar-refractivity contribution in [1.82, 2.24) is 10.6 Å². The van der Waals surface area contributed by atoms with E-state index in [1.165, 1.54) is 0 Å². The normalized spacial score (nSPS) is 12.2. The average Bonchev–Trinajstić information content (AvgIpc) is 2.40. The van der Waals surface area contributed by atoms with Crippen LogP contribution in [0.4, 0.5) is 10.5 Å². The number of hydrogen-bond donors (Lipinski definition) is 3. The van der Waals surface area contributed by atoms with Gasteiger partial charge < -0.3 is 15.4 Å². The molecule has 3 N–H and O–H groups in total. The monoisotopic (exact) mass is 403 g/mol. The van der Waals surface area contributed by atoms with Crippen molar-refractivity contribution < 1.29 is 9.53 Å². The predicted octanol–water partition coefficient (Wildman–Crippen LogP) is 4.07. The van der Waals surface area contributed by atoms with E-state index in [1.807, 2.05) is 0 Å². The summed E-state index contributed by atoms with van der Waals surface area (Å²) in [7, 11) is 0. The van der Waals surface area contributed by atoms with Crippen LogP contribution in [0, 0.1) is 0 Å². The summed E-state index contributed by atoms with van der Waals surface area (Å²) >= 11 is 28.3. The number of rotatable bonds is 4. The second-order valence-corrected chi connectivity index (χ2v) is 7.16. The molecule has 22 heavy (non-hydrogen) atoms. The summed E-state index contributed by atoms with van der Waals surface area (Å²) in [4.78, 5) is 11.4. The second kappa shape index (κ2) is 8.84. The number of carbonyl (C=O) groups excluding carboxylic acids is 1. The van der Waals surface area contributed by atoms with Gasteiger partial charge in [0, 0.05) is 10.7 Å². The molecule has 0 saturated carbocycles. The molecular formula is C12H13Cl4N3O2S. The number of halogens is 4. The zero-order valence-electron chi connectivity index (χ0n) is 11.3. The van der Waals surface area contributed by atoms with Crippen molar-refractivity contribution in [3.05, 3.63) is 29.3 Å². The van der Waals surface area contributed by atoms with Crippen LogP contribution in [0.25, 0.3) is 0 Å². The van der Waals surface area contributed by atoms with Crippen LogP contribution in [0.15, 0.2) is 24.3 Å². The molecule has 0 heterocycles. The number of ether oxygens (including phenoxy) is 1. The van der Waals surface area contributed by atoms with Crippen molar-refractivity contribution in [1.29, 1.82) is 0 Å². The molecule has 0 aliphatic rings. The Kier molecular flexibility index (Phi) is 7.79. The molecule has 0 saturated heterocycles. The van der Waals surface area contributed by atoms with Gasteiger partial charge in [-0.1, -0.05) is 46.4 Å². The van der Waals surface area contributed by atoms with Crippen LogP contribution in [-0.2, 0) is 4.74 Å². The van der Waals surface area contributed by atoms with E-state index in [9.17, 15) is 4.79 Å². The van der Waals surface area contributed by atoms with Gasteiger partial charge in [0.15, 0.2) is 11.3 Å².